The molecule has 0 radical (unpaired) electrons. The Balaban J connectivity index is 3.76. The predicted molar refractivity (Wildman–Crippen MR) is 153 cm³/mol. The molecule has 0 fully saturated rings. The van der Waals surface area contributed by atoms with E-state index in [4.69, 9.17) is 9.47 Å². The number of benzene rings is 1. The molecule has 0 saturated heterocycles. The van der Waals surface area contributed by atoms with Gasteiger partial charge >= 0.3 is 226 Å². The number of unbranched alkanes of at least 4 members (excludes halogenated alkanes) is 3. The molecule has 2 amide bonds. The Morgan fingerprint density at radius 3 is 1.83 bits per heavy atom. The molecule has 0 N–H and O–H groups in total. The number of nitrogens with zero attached hydrogens (tertiary/aromatic N) is 1. The number of rotatable bonds is 15. The second-order valence-corrected chi connectivity index (χ2v) is 24.6. The van der Waals surface area contributed by atoms with Crippen molar-refractivity contribution in [3.8, 4) is 0 Å². The van der Waals surface area contributed by atoms with E-state index in [0.717, 1.165) is 57.4 Å². The summed E-state index contributed by atoms with van der Waals surface area (Å²) in [5.41, 5.74) is 0.0362. The van der Waals surface area contributed by atoms with Crippen LogP contribution >= 0.6 is 0 Å². The van der Waals surface area contributed by atoms with Gasteiger partial charge in [-0.3, -0.25) is 0 Å². The van der Waals surface area contributed by atoms with Gasteiger partial charge < -0.3 is 0 Å². The van der Waals surface area contributed by atoms with Crippen LogP contribution in [0.15, 0.2) is 42.5 Å². The quantitative estimate of drug-likeness (QED) is 0.148. The molecule has 0 saturated carbocycles. The third-order valence-electron chi connectivity index (χ3n) is 6.75. The Morgan fingerprint density at radius 2 is 1.44 bits per heavy atom. The summed E-state index contributed by atoms with van der Waals surface area (Å²) in [7, 11) is 1.54. The van der Waals surface area contributed by atoms with Crippen LogP contribution in [0.3, 0.4) is 0 Å². The molecule has 0 aromatic heterocycles. The third kappa shape index (κ3) is 9.85. The van der Waals surface area contributed by atoms with E-state index in [-0.39, 0.29) is 9.96 Å². The number of imide groups is 1. The van der Waals surface area contributed by atoms with Gasteiger partial charge in [0.05, 0.1) is 0 Å². The summed E-state index contributed by atoms with van der Waals surface area (Å²) < 4.78 is 14.9. The summed E-state index contributed by atoms with van der Waals surface area (Å²) >= 11 is -3.17. The average molecular weight is 608 g/mol. The van der Waals surface area contributed by atoms with E-state index in [0.29, 0.717) is 0 Å². The first-order valence-electron chi connectivity index (χ1n) is 13.9. The Morgan fingerprint density at radius 1 is 0.944 bits per heavy atom. The monoisotopic (exact) mass is 609 g/mol. The maximum atomic E-state index is 14.3. The molecule has 0 spiro atoms. The molecule has 2 atom stereocenters. The van der Waals surface area contributed by atoms with Crippen molar-refractivity contribution in [2.75, 3.05) is 7.11 Å². The van der Waals surface area contributed by atoms with Gasteiger partial charge in [-0.05, 0) is 0 Å². The second kappa shape index (κ2) is 16.5. The van der Waals surface area contributed by atoms with Crippen LogP contribution in [0.2, 0.25) is 13.3 Å². The number of amides is 2. The van der Waals surface area contributed by atoms with Crippen molar-refractivity contribution in [2.45, 2.75) is 116 Å². The van der Waals surface area contributed by atoms with Gasteiger partial charge in [-0.1, -0.05) is 0 Å². The Bertz CT molecular complexity index is 781. The Kier molecular flexibility index (Phi) is 15.0. The normalized spacial score (nSPS) is 14.0. The first kappa shape index (κ1) is 32.7. The zero-order valence-corrected chi connectivity index (χ0v) is 27.0. The Labute approximate surface area is 224 Å². The predicted octanol–water partition coefficient (Wildman–Crippen LogP) is 8.47. The van der Waals surface area contributed by atoms with Crippen molar-refractivity contribution < 1.29 is 19.1 Å². The van der Waals surface area contributed by atoms with Crippen molar-refractivity contribution in [3.63, 3.8) is 0 Å². The van der Waals surface area contributed by atoms with Crippen LogP contribution in [0.25, 0.3) is 0 Å². The van der Waals surface area contributed by atoms with Crippen LogP contribution in [-0.4, -0.2) is 52.0 Å². The van der Waals surface area contributed by atoms with Crippen LogP contribution < -0.4 is 0 Å². The molecule has 36 heavy (non-hydrogen) atoms. The zero-order valence-electron chi connectivity index (χ0n) is 24.1. The molecule has 1 aromatic carbocycles. The van der Waals surface area contributed by atoms with E-state index >= 15 is 0 Å². The maximum absolute atomic E-state index is 14.3. The summed E-state index contributed by atoms with van der Waals surface area (Å²) in [5.74, 6) is -0.327. The van der Waals surface area contributed by atoms with E-state index < -0.39 is 36.2 Å². The standard InChI is InChI=1S/C18H24NO4.3C4H9.Sn/c1-6-7-13-19(17(21)23-18(2,3)4)16(20)15(22-5)14-11-9-8-10-12-14;3*1-3-4-2;/h6-13,15H,1-5H3;3*1,3-4H2,2H3;/b7-6+;;;;/t15-;;;;/m0..../s1. The van der Waals surface area contributed by atoms with E-state index in [1.165, 1.54) is 12.0 Å². The van der Waals surface area contributed by atoms with E-state index in [1.54, 1.807) is 0 Å². The van der Waals surface area contributed by atoms with Gasteiger partial charge in [0.15, 0.2) is 0 Å². The molecule has 0 bridgehead atoms. The van der Waals surface area contributed by atoms with Gasteiger partial charge in [-0.15, -0.1) is 0 Å². The average Bonchev–Trinajstić information content (AvgIpc) is 2.83. The molecule has 0 aliphatic rings. The van der Waals surface area contributed by atoms with Crippen LogP contribution in [0.4, 0.5) is 4.79 Å². The summed E-state index contributed by atoms with van der Waals surface area (Å²) in [5, 5.41) is 0. The molecule has 0 aliphatic heterocycles. The first-order chi connectivity index (χ1) is 17.1. The van der Waals surface area contributed by atoms with Crippen molar-refractivity contribution in [3.05, 3.63) is 48.0 Å². The van der Waals surface area contributed by atoms with Gasteiger partial charge in [0.25, 0.3) is 0 Å². The minimum absolute atomic E-state index is 0.210. The number of hydrogen-bond donors (Lipinski definition) is 0. The van der Waals surface area contributed by atoms with Gasteiger partial charge in [0, 0.05) is 0 Å². The molecule has 0 unspecified atom stereocenters. The summed E-state index contributed by atoms with van der Waals surface area (Å²) in [4.78, 5) is 29.6. The number of hydrogen-bond acceptors (Lipinski definition) is 4. The Hall–Kier alpha value is -1.34. The number of methoxy groups -OCH3 is 1. The van der Waals surface area contributed by atoms with Gasteiger partial charge in [0.1, 0.15) is 0 Å². The fourth-order valence-corrected chi connectivity index (χ4v) is 22.6. The van der Waals surface area contributed by atoms with Gasteiger partial charge in [0.2, 0.25) is 0 Å². The zero-order chi connectivity index (χ0) is 27.2. The molecule has 204 valence electrons. The number of carbonyl (C=O) groups excluding carboxylic acids is 2. The fourth-order valence-electron chi connectivity index (χ4n) is 4.94. The topological polar surface area (TPSA) is 55.8 Å². The van der Waals surface area contributed by atoms with Crippen molar-refractivity contribution in [1.82, 2.24) is 4.90 Å². The molecule has 0 heterocycles. The molecular weight excluding hydrogens is 557 g/mol. The SMILES string of the molecule is C/C=C/[C@@H](N(C(=O)OC(C)(C)C)C(=O)[C@@H](OC)c1ccccc1)[Sn]([CH2]CCC)([CH2]CCC)[CH2]CCC. The van der Waals surface area contributed by atoms with Crippen LogP contribution in [0, 0.1) is 0 Å². The minimum atomic E-state index is -3.17. The van der Waals surface area contributed by atoms with Crippen LogP contribution in [0.5, 0.6) is 0 Å². The van der Waals surface area contributed by atoms with Crippen molar-refractivity contribution in [2.24, 2.45) is 0 Å². The molecule has 5 nitrogen and oxygen atoms in total. The van der Waals surface area contributed by atoms with E-state index in [2.05, 4.69) is 26.8 Å². The van der Waals surface area contributed by atoms with Crippen LogP contribution in [0.1, 0.15) is 98.7 Å². The molecule has 1 rings (SSSR count). The second-order valence-electron chi connectivity index (χ2n) is 10.9. The summed E-state index contributed by atoms with van der Waals surface area (Å²) in [6.45, 7) is 14.2. The molecule has 1 aromatic rings. The van der Waals surface area contributed by atoms with Gasteiger partial charge in [-0.25, -0.2) is 0 Å². The summed E-state index contributed by atoms with van der Waals surface area (Å²) in [6, 6.07) is 9.46. The third-order valence-corrected chi connectivity index (χ3v) is 23.2. The molecule has 6 heteroatoms. The number of ether oxygens (including phenoxy) is 2. The number of allylic oxidation sites excluding steroid dienone is 1. The first-order valence-corrected chi connectivity index (χ1v) is 21.6. The van der Waals surface area contributed by atoms with E-state index in [1.807, 2.05) is 64.1 Å². The van der Waals surface area contributed by atoms with Crippen molar-refractivity contribution >= 4 is 30.4 Å². The van der Waals surface area contributed by atoms with Crippen molar-refractivity contribution in [1.29, 1.82) is 0 Å². The molecule has 0 aliphatic carbocycles. The van der Waals surface area contributed by atoms with Gasteiger partial charge in [-0.2, -0.15) is 0 Å². The van der Waals surface area contributed by atoms with Crippen LogP contribution in [-0.2, 0) is 14.3 Å². The fraction of sp³-hybridized carbons (Fsp3) is 0.667. The molecular formula is C30H51NO4Sn. The summed E-state index contributed by atoms with van der Waals surface area (Å²) in [6.07, 6.45) is 9.50. The van der Waals surface area contributed by atoms with E-state index in [9.17, 15) is 9.59 Å². The number of carbonyl (C=O) groups is 2.